The molecule has 9 heteroatoms. The molecule has 2 aromatic carbocycles. The Bertz CT molecular complexity index is 1260. The van der Waals surface area contributed by atoms with Crippen molar-refractivity contribution < 1.29 is 16.8 Å². The number of hydrogen-bond donors (Lipinski definition) is 0. The first-order valence-corrected chi connectivity index (χ1v) is 16.1. The molecule has 3 aliphatic heterocycles. The summed E-state index contributed by atoms with van der Waals surface area (Å²) in [6, 6.07) is 17.6. The second-order valence-corrected chi connectivity index (χ2v) is 15.3. The van der Waals surface area contributed by atoms with Gasteiger partial charge < -0.3 is 4.90 Å². The van der Waals surface area contributed by atoms with Gasteiger partial charge in [0.1, 0.15) is 0 Å². The fourth-order valence-corrected chi connectivity index (χ4v) is 9.98. The van der Waals surface area contributed by atoms with Crippen LogP contribution in [-0.4, -0.2) is 70.8 Å². The second-order valence-electron chi connectivity index (χ2n) is 9.54. The monoisotopic (exact) mass is 504 g/mol. The van der Waals surface area contributed by atoms with Crippen molar-refractivity contribution in [1.82, 2.24) is 9.21 Å². The van der Waals surface area contributed by atoms with Crippen molar-refractivity contribution in [2.45, 2.75) is 29.1 Å². The lowest BCUT2D eigenvalue weighted by molar-refractivity contribution is 0.148. The minimum Gasteiger partial charge on any atom is -0.303 e. The summed E-state index contributed by atoms with van der Waals surface area (Å²) in [4.78, 5) is 2.91. The predicted octanol–water partition coefficient (Wildman–Crippen LogP) is 3.15. The molecule has 0 N–H and O–H groups in total. The Kier molecular flexibility index (Phi) is 6.03. The van der Waals surface area contributed by atoms with Gasteiger partial charge in [0, 0.05) is 38.4 Å². The Balaban J connectivity index is 1.33. The number of hydrogen-bond acceptors (Lipinski definition) is 5. The van der Waals surface area contributed by atoms with Gasteiger partial charge in [-0.25, -0.2) is 16.8 Å². The van der Waals surface area contributed by atoms with Crippen LogP contribution in [0.5, 0.6) is 0 Å². The summed E-state index contributed by atoms with van der Waals surface area (Å²) < 4.78 is 52.2. The molecule has 2 fully saturated rings. The van der Waals surface area contributed by atoms with Crippen LogP contribution in [0.15, 0.2) is 59.5 Å². The Morgan fingerprint density at radius 3 is 2.36 bits per heavy atom. The van der Waals surface area contributed by atoms with Gasteiger partial charge in [0.05, 0.1) is 10.6 Å². The first-order chi connectivity index (χ1) is 15.7. The zero-order chi connectivity index (χ0) is 23.3. The maximum Gasteiger partial charge on any atom is 0.257 e. The van der Waals surface area contributed by atoms with Crippen molar-refractivity contribution in [3.8, 4) is 0 Å². The minimum absolute atomic E-state index is 0.135. The molecular formula is C24H29N2O4PS2. The van der Waals surface area contributed by atoms with Gasteiger partial charge in [-0.05, 0) is 49.0 Å². The van der Waals surface area contributed by atoms with Gasteiger partial charge in [0.25, 0.3) is 9.64 Å². The highest BCUT2D eigenvalue weighted by Crippen LogP contribution is 2.47. The van der Waals surface area contributed by atoms with Crippen molar-refractivity contribution in [3.05, 3.63) is 65.7 Å². The molecule has 176 valence electrons. The predicted molar refractivity (Wildman–Crippen MR) is 133 cm³/mol. The zero-order valence-corrected chi connectivity index (χ0v) is 21.0. The van der Waals surface area contributed by atoms with Crippen LogP contribution in [0.25, 0.3) is 0 Å². The summed E-state index contributed by atoms with van der Waals surface area (Å²) in [5.41, 5.74) is 1.87. The molecule has 2 saturated heterocycles. The van der Waals surface area contributed by atoms with Crippen molar-refractivity contribution in [1.29, 1.82) is 0 Å². The molecule has 0 radical (unpaired) electrons. The number of nitrogens with zero attached hydrogens (tertiary/aromatic N) is 2. The minimum atomic E-state index is -3.37. The maximum absolute atomic E-state index is 12.8. The molecule has 3 aliphatic rings. The number of piperidine rings is 1. The van der Waals surface area contributed by atoms with Gasteiger partial charge in [-0.3, -0.25) is 0 Å². The van der Waals surface area contributed by atoms with Gasteiger partial charge in [0.2, 0.25) is 0 Å². The van der Waals surface area contributed by atoms with Crippen LogP contribution in [0.1, 0.15) is 29.9 Å². The maximum atomic E-state index is 12.8. The molecule has 0 aromatic heterocycles. The van der Waals surface area contributed by atoms with E-state index in [4.69, 9.17) is 0 Å². The Morgan fingerprint density at radius 1 is 1.00 bits per heavy atom. The molecule has 0 saturated carbocycles. The normalized spacial score (nSPS) is 27.2. The highest BCUT2D eigenvalue weighted by Gasteiger charge is 2.49. The lowest BCUT2D eigenvalue weighted by atomic mass is 9.74. The average Bonchev–Trinajstić information content (AvgIpc) is 3.34. The topological polar surface area (TPSA) is 74.8 Å². The molecule has 33 heavy (non-hydrogen) atoms. The Morgan fingerprint density at radius 2 is 1.67 bits per heavy atom. The molecule has 0 amide bonds. The molecule has 0 bridgehead atoms. The van der Waals surface area contributed by atoms with E-state index in [9.17, 15) is 16.8 Å². The highest BCUT2D eigenvalue weighted by molar-refractivity contribution is 8.41. The summed E-state index contributed by atoms with van der Waals surface area (Å²) in [5, 5.41) is 0. The van der Waals surface area contributed by atoms with E-state index in [1.54, 1.807) is 16.4 Å². The molecule has 3 heterocycles. The third-order valence-electron chi connectivity index (χ3n) is 7.69. The van der Waals surface area contributed by atoms with E-state index in [1.165, 1.54) is 5.56 Å². The lowest BCUT2D eigenvalue weighted by Gasteiger charge is -2.40. The summed E-state index contributed by atoms with van der Waals surface area (Å²) >= 11 is 0. The number of fused-ring (bicyclic) bond motifs is 2. The van der Waals surface area contributed by atoms with E-state index in [2.05, 4.69) is 23.3 Å². The number of sulfone groups is 1. The van der Waals surface area contributed by atoms with Crippen LogP contribution in [0, 0.1) is 5.92 Å². The molecule has 5 rings (SSSR count). The standard InChI is InChI=1S/C24H29N2O4PS2/c1-31-33(29,30)26-16-20(21(17-26)19-7-3-2-4-8-19)15-25-13-11-24(12-14-25)18-32(27,28)23-10-6-5-9-22(23)24/h2-10,20-21H,1,11-18H2/t20?,21-/m1/s1. The first-order valence-electron chi connectivity index (χ1n) is 11.3. The van der Waals surface area contributed by atoms with Crippen LogP contribution in [0.3, 0.4) is 0 Å². The van der Waals surface area contributed by atoms with Gasteiger partial charge in [-0.1, -0.05) is 54.8 Å². The fourth-order valence-electron chi connectivity index (χ4n) is 5.97. The molecule has 6 nitrogen and oxygen atoms in total. The van der Waals surface area contributed by atoms with Crippen molar-refractivity contribution in [2.24, 2.45) is 5.92 Å². The molecule has 1 spiro atoms. The zero-order valence-electron chi connectivity index (χ0n) is 18.5. The van der Waals surface area contributed by atoms with E-state index in [-0.39, 0.29) is 30.4 Å². The lowest BCUT2D eigenvalue weighted by Crippen LogP contribution is -2.45. The largest absolute Gasteiger partial charge is 0.303 e. The summed E-state index contributed by atoms with van der Waals surface area (Å²) in [6.07, 6.45) is 5.22. The summed E-state index contributed by atoms with van der Waals surface area (Å²) in [5.74, 6) is 0.543. The van der Waals surface area contributed by atoms with Crippen LogP contribution in [-0.2, 0) is 24.9 Å². The molecule has 2 aromatic rings. The average molecular weight is 505 g/mol. The third kappa shape index (κ3) is 4.21. The van der Waals surface area contributed by atoms with E-state index in [1.807, 2.05) is 30.3 Å². The number of benzene rings is 2. The van der Waals surface area contributed by atoms with Crippen LogP contribution < -0.4 is 0 Å². The fraction of sp³-hybridized carbons (Fsp3) is 0.458. The quantitative estimate of drug-likeness (QED) is 0.585. The van der Waals surface area contributed by atoms with Crippen LogP contribution >= 0.6 is 7.41 Å². The van der Waals surface area contributed by atoms with Gasteiger partial charge in [-0.15, -0.1) is 0 Å². The first kappa shape index (κ1) is 23.2. The van der Waals surface area contributed by atoms with Crippen molar-refractivity contribution in [2.75, 3.05) is 38.5 Å². The van der Waals surface area contributed by atoms with Gasteiger partial charge in [-0.2, -0.15) is 4.31 Å². The van der Waals surface area contributed by atoms with Gasteiger partial charge in [0.15, 0.2) is 9.84 Å². The number of rotatable bonds is 5. The van der Waals surface area contributed by atoms with Crippen LogP contribution in [0.4, 0.5) is 0 Å². The second kappa shape index (κ2) is 8.58. The smallest absolute Gasteiger partial charge is 0.257 e. The van der Waals surface area contributed by atoms with E-state index in [0.717, 1.165) is 38.0 Å². The van der Waals surface area contributed by atoms with E-state index < -0.39 is 19.5 Å². The van der Waals surface area contributed by atoms with Crippen molar-refractivity contribution in [3.63, 3.8) is 0 Å². The third-order valence-corrected chi connectivity index (χ3v) is 12.6. The molecule has 1 unspecified atom stereocenters. The number of likely N-dealkylation sites (tertiary alicyclic amines) is 1. The molecular weight excluding hydrogens is 475 g/mol. The Labute approximate surface area is 198 Å². The Hall–Kier alpha value is -1.57. The van der Waals surface area contributed by atoms with Gasteiger partial charge >= 0.3 is 0 Å². The van der Waals surface area contributed by atoms with E-state index >= 15 is 0 Å². The highest BCUT2D eigenvalue weighted by atomic mass is 32.8. The van der Waals surface area contributed by atoms with Crippen LogP contribution in [0.2, 0.25) is 0 Å². The molecule has 2 atom stereocenters. The SMILES string of the molecule is C=PS(=O)(=O)N1CC(CN2CCC3(CC2)CS(=O)(=O)c2ccccc23)[C@@H](c2ccccc2)C1. The summed E-state index contributed by atoms with van der Waals surface area (Å²) in [7, 11) is -6.46. The van der Waals surface area contributed by atoms with E-state index in [0.29, 0.717) is 18.0 Å². The molecule has 0 aliphatic carbocycles. The van der Waals surface area contributed by atoms with Crippen molar-refractivity contribution >= 4 is 33.2 Å². The summed E-state index contributed by atoms with van der Waals surface area (Å²) in [6.45, 7) is 3.45.